The summed E-state index contributed by atoms with van der Waals surface area (Å²) in [6.45, 7) is 3.56. The van der Waals surface area contributed by atoms with Crippen LogP contribution in [0.15, 0.2) is 42.5 Å². The van der Waals surface area contributed by atoms with E-state index in [1.54, 1.807) is 25.1 Å². The first-order chi connectivity index (χ1) is 9.79. The molecule has 0 aliphatic heterocycles. The van der Waals surface area contributed by atoms with E-state index in [0.717, 1.165) is 11.6 Å². The molecular weight excluding hydrogens is 299 g/mol. The Bertz CT molecular complexity index is 638. The minimum atomic E-state index is -4.36. The number of rotatable bonds is 3. The van der Waals surface area contributed by atoms with E-state index in [4.69, 9.17) is 11.6 Å². The molecule has 0 fully saturated rings. The number of halogens is 4. The molecule has 0 bridgehead atoms. The summed E-state index contributed by atoms with van der Waals surface area (Å²) < 4.78 is 39.0. The van der Waals surface area contributed by atoms with Crippen molar-refractivity contribution in [1.82, 2.24) is 0 Å². The van der Waals surface area contributed by atoms with Crippen molar-refractivity contribution in [2.45, 2.75) is 26.1 Å². The molecule has 0 aliphatic carbocycles. The SMILES string of the molecule is Cc1ccc(NC(C)c2ccccc2C(F)(F)F)cc1Cl. The molecule has 0 saturated heterocycles. The highest BCUT2D eigenvalue weighted by atomic mass is 35.5. The molecule has 112 valence electrons. The molecule has 21 heavy (non-hydrogen) atoms. The van der Waals surface area contributed by atoms with Gasteiger partial charge in [-0.1, -0.05) is 35.9 Å². The summed E-state index contributed by atoms with van der Waals surface area (Å²) >= 11 is 6.03. The molecule has 0 saturated carbocycles. The molecule has 0 aromatic heterocycles. The van der Waals surface area contributed by atoms with Gasteiger partial charge in [0.2, 0.25) is 0 Å². The number of aryl methyl sites for hydroxylation is 1. The van der Waals surface area contributed by atoms with Gasteiger partial charge in [-0.15, -0.1) is 0 Å². The standard InChI is InChI=1S/C16H15ClF3N/c1-10-7-8-12(9-15(10)17)21-11(2)13-5-3-4-6-14(13)16(18,19)20/h3-9,11,21H,1-2H3. The Balaban J connectivity index is 2.28. The number of nitrogens with one attached hydrogen (secondary N) is 1. The van der Waals surface area contributed by atoms with E-state index in [-0.39, 0.29) is 5.56 Å². The number of anilines is 1. The third-order valence-corrected chi connectivity index (χ3v) is 3.69. The van der Waals surface area contributed by atoms with E-state index in [1.807, 2.05) is 13.0 Å². The fourth-order valence-electron chi connectivity index (χ4n) is 2.14. The van der Waals surface area contributed by atoms with Crippen LogP contribution >= 0.6 is 11.6 Å². The van der Waals surface area contributed by atoms with Gasteiger partial charge < -0.3 is 5.32 Å². The molecule has 2 rings (SSSR count). The molecule has 2 aromatic rings. The Morgan fingerprint density at radius 2 is 1.76 bits per heavy atom. The van der Waals surface area contributed by atoms with Crippen LogP contribution in [0.1, 0.15) is 29.7 Å². The third-order valence-electron chi connectivity index (χ3n) is 3.29. The number of alkyl halides is 3. The van der Waals surface area contributed by atoms with Gasteiger partial charge in [-0.05, 0) is 43.2 Å². The summed E-state index contributed by atoms with van der Waals surface area (Å²) in [7, 11) is 0. The summed E-state index contributed by atoms with van der Waals surface area (Å²) in [6, 6.07) is 10.4. The van der Waals surface area contributed by atoms with Gasteiger partial charge in [-0.3, -0.25) is 0 Å². The maximum Gasteiger partial charge on any atom is 0.416 e. The van der Waals surface area contributed by atoms with Gasteiger partial charge in [0.1, 0.15) is 0 Å². The van der Waals surface area contributed by atoms with Crippen molar-refractivity contribution in [2.75, 3.05) is 5.32 Å². The van der Waals surface area contributed by atoms with Crippen LogP contribution in [-0.2, 0) is 6.18 Å². The van der Waals surface area contributed by atoms with Gasteiger partial charge in [0, 0.05) is 16.8 Å². The van der Waals surface area contributed by atoms with Gasteiger partial charge in [-0.25, -0.2) is 0 Å². The molecule has 1 nitrogen and oxygen atoms in total. The quantitative estimate of drug-likeness (QED) is 0.750. The van der Waals surface area contributed by atoms with Crippen molar-refractivity contribution in [3.05, 3.63) is 64.2 Å². The zero-order valence-electron chi connectivity index (χ0n) is 11.6. The lowest BCUT2D eigenvalue weighted by atomic mass is 10.0. The summed E-state index contributed by atoms with van der Waals surface area (Å²) in [5.41, 5.74) is 1.20. The molecule has 0 radical (unpaired) electrons. The smallest absolute Gasteiger partial charge is 0.378 e. The molecule has 1 atom stereocenters. The Labute approximate surface area is 126 Å². The van der Waals surface area contributed by atoms with Crippen molar-refractivity contribution >= 4 is 17.3 Å². The van der Waals surface area contributed by atoms with Gasteiger partial charge in [0.15, 0.2) is 0 Å². The Morgan fingerprint density at radius 3 is 2.38 bits per heavy atom. The average molecular weight is 314 g/mol. The van der Waals surface area contributed by atoms with Crippen LogP contribution in [-0.4, -0.2) is 0 Å². The van der Waals surface area contributed by atoms with Gasteiger partial charge >= 0.3 is 6.18 Å². The summed E-state index contributed by atoms with van der Waals surface area (Å²) in [4.78, 5) is 0. The van der Waals surface area contributed by atoms with E-state index in [9.17, 15) is 13.2 Å². The topological polar surface area (TPSA) is 12.0 Å². The lowest BCUT2D eigenvalue weighted by molar-refractivity contribution is -0.138. The van der Waals surface area contributed by atoms with Crippen LogP contribution in [0.4, 0.5) is 18.9 Å². The molecule has 0 heterocycles. The van der Waals surface area contributed by atoms with E-state index >= 15 is 0 Å². The third kappa shape index (κ3) is 3.70. The van der Waals surface area contributed by atoms with Crippen LogP contribution in [0.2, 0.25) is 5.02 Å². The normalized spacial score (nSPS) is 13.0. The van der Waals surface area contributed by atoms with Crippen molar-refractivity contribution in [1.29, 1.82) is 0 Å². The minimum absolute atomic E-state index is 0.210. The Kier molecular flexibility index (Phi) is 4.47. The molecule has 1 unspecified atom stereocenters. The zero-order valence-corrected chi connectivity index (χ0v) is 12.4. The molecule has 1 N–H and O–H groups in total. The predicted molar refractivity (Wildman–Crippen MR) is 79.7 cm³/mol. The van der Waals surface area contributed by atoms with Crippen molar-refractivity contribution in [2.24, 2.45) is 0 Å². The predicted octanol–water partition coefficient (Wildman–Crippen LogP) is 5.84. The van der Waals surface area contributed by atoms with E-state index in [1.165, 1.54) is 12.1 Å². The largest absolute Gasteiger partial charge is 0.416 e. The molecule has 2 aromatic carbocycles. The highest BCUT2D eigenvalue weighted by Crippen LogP contribution is 2.35. The second kappa shape index (κ2) is 5.98. The molecule has 0 spiro atoms. The lowest BCUT2D eigenvalue weighted by Gasteiger charge is -2.20. The highest BCUT2D eigenvalue weighted by Gasteiger charge is 2.34. The minimum Gasteiger partial charge on any atom is -0.378 e. The Hall–Kier alpha value is -1.68. The molecule has 0 aliphatic rings. The molecular formula is C16H15ClF3N. The Morgan fingerprint density at radius 1 is 1.10 bits per heavy atom. The van der Waals surface area contributed by atoms with Crippen LogP contribution in [0.3, 0.4) is 0 Å². The number of benzene rings is 2. The second-order valence-electron chi connectivity index (χ2n) is 4.91. The van der Waals surface area contributed by atoms with Gasteiger partial charge in [-0.2, -0.15) is 13.2 Å². The van der Waals surface area contributed by atoms with Gasteiger partial charge in [0.25, 0.3) is 0 Å². The van der Waals surface area contributed by atoms with Crippen LogP contribution in [0, 0.1) is 6.92 Å². The lowest BCUT2D eigenvalue weighted by Crippen LogP contribution is -2.15. The summed E-state index contributed by atoms with van der Waals surface area (Å²) in [5, 5.41) is 3.63. The fourth-order valence-corrected chi connectivity index (χ4v) is 2.32. The van der Waals surface area contributed by atoms with Crippen molar-refractivity contribution < 1.29 is 13.2 Å². The van der Waals surface area contributed by atoms with Crippen LogP contribution in [0.5, 0.6) is 0 Å². The van der Waals surface area contributed by atoms with E-state index in [2.05, 4.69) is 5.32 Å². The number of hydrogen-bond donors (Lipinski definition) is 1. The average Bonchev–Trinajstić information content (AvgIpc) is 2.42. The molecule has 5 heteroatoms. The fraction of sp³-hybridized carbons (Fsp3) is 0.250. The highest BCUT2D eigenvalue weighted by molar-refractivity contribution is 6.31. The maximum absolute atomic E-state index is 13.0. The van der Waals surface area contributed by atoms with Gasteiger partial charge in [0.05, 0.1) is 5.56 Å². The monoisotopic (exact) mass is 313 g/mol. The first-order valence-electron chi connectivity index (χ1n) is 6.48. The first-order valence-corrected chi connectivity index (χ1v) is 6.85. The van der Waals surface area contributed by atoms with Crippen molar-refractivity contribution in [3.8, 4) is 0 Å². The van der Waals surface area contributed by atoms with Crippen LogP contribution in [0.25, 0.3) is 0 Å². The summed E-state index contributed by atoms with van der Waals surface area (Å²) in [5.74, 6) is 0. The summed E-state index contributed by atoms with van der Waals surface area (Å²) in [6.07, 6.45) is -4.36. The van der Waals surface area contributed by atoms with E-state index < -0.39 is 17.8 Å². The van der Waals surface area contributed by atoms with E-state index in [0.29, 0.717) is 10.7 Å². The maximum atomic E-state index is 13.0. The molecule has 0 amide bonds. The number of hydrogen-bond acceptors (Lipinski definition) is 1. The first kappa shape index (κ1) is 15.7. The van der Waals surface area contributed by atoms with Crippen LogP contribution < -0.4 is 5.32 Å². The zero-order chi connectivity index (χ0) is 15.6. The second-order valence-corrected chi connectivity index (χ2v) is 5.32. The van der Waals surface area contributed by atoms with Crippen molar-refractivity contribution in [3.63, 3.8) is 0 Å².